The third-order valence-corrected chi connectivity index (χ3v) is 2.64. The first-order valence-corrected chi connectivity index (χ1v) is 4.99. The molecule has 3 heteroatoms. The van der Waals surface area contributed by atoms with Crippen molar-refractivity contribution in [2.75, 3.05) is 14.1 Å². The van der Waals surface area contributed by atoms with Crippen LogP contribution in [0.4, 0.5) is 0 Å². The maximum Gasteiger partial charge on any atom is 0.202 e. The summed E-state index contributed by atoms with van der Waals surface area (Å²) in [6.45, 7) is 0. The lowest BCUT2D eigenvalue weighted by Crippen LogP contribution is -3.06. The molecule has 1 aromatic heterocycles. The first-order valence-electron chi connectivity index (χ1n) is 4.99. The number of benzene rings is 1. The number of aromatic amines is 1. The summed E-state index contributed by atoms with van der Waals surface area (Å²) in [5.74, 6) is 0. The Morgan fingerprint density at radius 3 is 2.73 bits per heavy atom. The molecule has 0 aliphatic rings. The Morgan fingerprint density at radius 1 is 1.33 bits per heavy atom. The molecule has 2 aromatic rings. The van der Waals surface area contributed by atoms with Gasteiger partial charge in [0, 0.05) is 22.7 Å². The van der Waals surface area contributed by atoms with Crippen molar-refractivity contribution in [1.29, 1.82) is 5.26 Å². The molecule has 2 N–H and O–H groups in total. The summed E-state index contributed by atoms with van der Waals surface area (Å²) >= 11 is 0. The van der Waals surface area contributed by atoms with Gasteiger partial charge in [-0.15, -0.1) is 0 Å². The number of nitriles is 1. The fourth-order valence-corrected chi connectivity index (χ4v) is 1.84. The fraction of sp³-hybridized carbons (Fsp3) is 0.250. The minimum absolute atomic E-state index is 0.110. The monoisotopic (exact) mass is 200 g/mol. The number of nitrogens with zero attached hydrogens (tertiary/aromatic N) is 1. The predicted octanol–water partition coefficient (Wildman–Crippen LogP) is 0.877. The molecule has 0 saturated carbocycles. The molecule has 0 unspecified atom stereocenters. The molecule has 0 saturated heterocycles. The number of para-hydroxylation sites is 1. The second-order valence-corrected chi connectivity index (χ2v) is 3.93. The van der Waals surface area contributed by atoms with Gasteiger partial charge in [0.25, 0.3) is 0 Å². The van der Waals surface area contributed by atoms with Gasteiger partial charge < -0.3 is 9.88 Å². The number of H-pyrrole nitrogens is 1. The molecule has 3 nitrogen and oxygen atoms in total. The lowest BCUT2D eigenvalue weighted by Gasteiger charge is -2.13. The van der Waals surface area contributed by atoms with Gasteiger partial charge in [-0.3, -0.25) is 0 Å². The summed E-state index contributed by atoms with van der Waals surface area (Å²) in [6.07, 6.45) is 1.94. The van der Waals surface area contributed by atoms with Gasteiger partial charge in [-0.2, -0.15) is 5.26 Å². The number of nitrogens with one attached hydrogen (secondary N) is 2. The molecule has 1 aromatic carbocycles. The first-order chi connectivity index (χ1) is 7.24. The second-order valence-electron chi connectivity index (χ2n) is 3.93. The average molecular weight is 200 g/mol. The Bertz CT molecular complexity index is 505. The van der Waals surface area contributed by atoms with Crippen molar-refractivity contribution in [1.82, 2.24) is 4.98 Å². The molecule has 1 heterocycles. The van der Waals surface area contributed by atoms with Crippen LogP contribution in [0.1, 0.15) is 11.6 Å². The van der Waals surface area contributed by atoms with Crippen molar-refractivity contribution in [3.8, 4) is 6.07 Å². The molecule has 0 spiro atoms. The van der Waals surface area contributed by atoms with Gasteiger partial charge in [-0.25, -0.2) is 0 Å². The van der Waals surface area contributed by atoms with E-state index < -0.39 is 0 Å². The highest BCUT2D eigenvalue weighted by atomic mass is 15.1. The number of quaternary nitrogens is 1. The summed E-state index contributed by atoms with van der Waals surface area (Å²) in [6, 6.07) is 10.3. The minimum atomic E-state index is -0.110. The van der Waals surface area contributed by atoms with Crippen LogP contribution < -0.4 is 4.90 Å². The Balaban J connectivity index is 2.57. The van der Waals surface area contributed by atoms with E-state index in [2.05, 4.69) is 17.1 Å². The quantitative estimate of drug-likeness (QED) is 0.742. The molecule has 0 bridgehead atoms. The Labute approximate surface area is 88.9 Å². The van der Waals surface area contributed by atoms with E-state index in [1.165, 1.54) is 0 Å². The minimum Gasteiger partial charge on any atom is -0.361 e. The van der Waals surface area contributed by atoms with Gasteiger partial charge >= 0.3 is 0 Å². The van der Waals surface area contributed by atoms with Crippen molar-refractivity contribution >= 4 is 10.9 Å². The van der Waals surface area contributed by atoms with E-state index in [1.54, 1.807) is 0 Å². The summed E-state index contributed by atoms with van der Waals surface area (Å²) < 4.78 is 0. The highest BCUT2D eigenvalue weighted by molar-refractivity contribution is 5.83. The van der Waals surface area contributed by atoms with Crippen LogP contribution in [0.3, 0.4) is 0 Å². The van der Waals surface area contributed by atoms with E-state index in [1.807, 2.05) is 38.5 Å². The zero-order chi connectivity index (χ0) is 10.8. The van der Waals surface area contributed by atoms with Crippen molar-refractivity contribution < 1.29 is 4.90 Å². The fourth-order valence-electron chi connectivity index (χ4n) is 1.84. The van der Waals surface area contributed by atoms with E-state index in [0.29, 0.717) is 0 Å². The van der Waals surface area contributed by atoms with Gasteiger partial charge in [-0.05, 0) is 6.07 Å². The van der Waals surface area contributed by atoms with Crippen LogP contribution in [0, 0.1) is 11.3 Å². The van der Waals surface area contributed by atoms with Gasteiger partial charge in [0.2, 0.25) is 6.04 Å². The van der Waals surface area contributed by atoms with Crippen molar-refractivity contribution in [3.05, 3.63) is 36.0 Å². The van der Waals surface area contributed by atoms with Crippen LogP contribution in [0.2, 0.25) is 0 Å². The standard InChI is InChI=1S/C12H13N3/c1-15(2)12(7-13)10-8-14-11-6-4-3-5-9(10)11/h3-6,8,12,14H,1-2H3/p+1/t12-/m0/s1. The Kier molecular flexibility index (Phi) is 2.44. The van der Waals surface area contributed by atoms with Crippen LogP contribution in [0.5, 0.6) is 0 Å². The summed E-state index contributed by atoms with van der Waals surface area (Å²) in [4.78, 5) is 4.32. The predicted molar refractivity (Wildman–Crippen MR) is 59.5 cm³/mol. The van der Waals surface area contributed by atoms with Gasteiger partial charge in [0.15, 0.2) is 0 Å². The Hall–Kier alpha value is -1.79. The Morgan fingerprint density at radius 2 is 2.07 bits per heavy atom. The molecule has 1 atom stereocenters. The van der Waals surface area contributed by atoms with E-state index >= 15 is 0 Å². The van der Waals surface area contributed by atoms with Crippen LogP contribution in [-0.2, 0) is 0 Å². The van der Waals surface area contributed by atoms with Crippen LogP contribution in [-0.4, -0.2) is 19.1 Å². The summed E-state index contributed by atoms with van der Waals surface area (Å²) in [7, 11) is 3.99. The zero-order valence-corrected chi connectivity index (χ0v) is 8.91. The topological polar surface area (TPSA) is 44.0 Å². The van der Waals surface area contributed by atoms with Crippen molar-refractivity contribution in [2.24, 2.45) is 0 Å². The number of hydrogen-bond donors (Lipinski definition) is 2. The number of aromatic nitrogens is 1. The molecule has 76 valence electrons. The number of fused-ring (bicyclic) bond motifs is 1. The van der Waals surface area contributed by atoms with Gasteiger partial charge in [0.05, 0.1) is 14.1 Å². The highest BCUT2D eigenvalue weighted by Gasteiger charge is 2.20. The number of rotatable bonds is 2. The van der Waals surface area contributed by atoms with Crippen LogP contribution >= 0.6 is 0 Å². The molecule has 0 aliphatic heterocycles. The molecule has 15 heavy (non-hydrogen) atoms. The molecule has 0 aliphatic carbocycles. The SMILES string of the molecule is C[NH+](C)[C@@H](C#N)c1c[nH]c2ccccc12. The molecular formula is C12H14N3+. The second kappa shape index (κ2) is 3.76. The summed E-state index contributed by atoms with van der Waals surface area (Å²) in [5, 5.41) is 10.3. The van der Waals surface area contributed by atoms with Crippen molar-refractivity contribution in [3.63, 3.8) is 0 Å². The first kappa shape index (κ1) is 9.75. The molecule has 0 radical (unpaired) electrons. The zero-order valence-electron chi connectivity index (χ0n) is 8.91. The molecule has 0 amide bonds. The normalized spacial score (nSPS) is 12.9. The summed E-state index contributed by atoms with van der Waals surface area (Å²) in [5.41, 5.74) is 2.17. The van der Waals surface area contributed by atoms with E-state index in [4.69, 9.17) is 5.26 Å². The van der Waals surface area contributed by atoms with Crippen LogP contribution in [0.15, 0.2) is 30.5 Å². The van der Waals surface area contributed by atoms with E-state index in [0.717, 1.165) is 21.4 Å². The van der Waals surface area contributed by atoms with Crippen LogP contribution in [0.25, 0.3) is 10.9 Å². The maximum atomic E-state index is 9.14. The highest BCUT2D eigenvalue weighted by Crippen LogP contribution is 2.21. The molecule has 0 fully saturated rings. The maximum absolute atomic E-state index is 9.14. The average Bonchev–Trinajstić information content (AvgIpc) is 2.63. The lowest BCUT2D eigenvalue weighted by atomic mass is 10.1. The van der Waals surface area contributed by atoms with Gasteiger partial charge in [0.1, 0.15) is 6.07 Å². The third-order valence-electron chi connectivity index (χ3n) is 2.64. The van der Waals surface area contributed by atoms with E-state index in [-0.39, 0.29) is 6.04 Å². The lowest BCUT2D eigenvalue weighted by molar-refractivity contribution is -0.882. The van der Waals surface area contributed by atoms with E-state index in [9.17, 15) is 0 Å². The molecule has 2 rings (SSSR count). The smallest absolute Gasteiger partial charge is 0.202 e. The number of hydrogen-bond acceptors (Lipinski definition) is 1. The van der Waals surface area contributed by atoms with Gasteiger partial charge in [-0.1, -0.05) is 18.2 Å². The largest absolute Gasteiger partial charge is 0.361 e. The third kappa shape index (κ3) is 1.60. The molecular weight excluding hydrogens is 186 g/mol. The van der Waals surface area contributed by atoms with Crippen molar-refractivity contribution in [2.45, 2.75) is 6.04 Å².